The van der Waals surface area contributed by atoms with E-state index in [4.69, 9.17) is 51.3 Å². The Morgan fingerprint density at radius 1 is 0.391 bits per heavy atom. The van der Waals surface area contributed by atoms with Crippen molar-refractivity contribution in [3.05, 3.63) is 225 Å². The zero-order chi connectivity index (χ0) is 60.4. The van der Waals surface area contributed by atoms with Crippen molar-refractivity contribution in [3.63, 3.8) is 0 Å². The number of fused-ring (bicyclic) bond motifs is 5. The third-order valence-corrected chi connectivity index (χ3v) is 20.1. The van der Waals surface area contributed by atoms with Crippen molar-refractivity contribution in [1.82, 2.24) is 24.9 Å². The molecule has 5 N–H and O–H groups in total. The van der Waals surface area contributed by atoms with Gasteiger partial charge in [0.05, 0.1) is 0 Å². The Bertz CT molecular complexity index is 4080. The van der Waals surface area contributed by atoms with Crippen molar-refractivity contribution in [2.75, 3.05) is 0 Å². The second kappa shape index (κ2) is 28.2. The number of carboxylic acids is 2. The zero-order valence-electron chi connectivity index (χ0n) is 47.2. The van der Waals surface area contributed by atoms with Crippen LogP contribution in [0.15, 0.2) is 185 Å². The first-order valence-corrected chi connectivity index (χ1v) is 34.5. The number of carbonyl (C=O) groups excluding carboxylic acids is 2. The number of hydrogen-bond acceptors (Lipinski definition) is 18. The molecule has 12 aromatic rings. The van der Waals surface area contributed by atoms with Crippen LogP contribution in [0.5, 0.6) is 28.7 Å². The summed E-state index contributed by atoms with van der Waals surface area (Å²) in [6.07, 6.45) is 0. The first kappa shape index (κ1) is 62.2. The van der Waals surface area contributed by atoms with Crippen molar-refractivity contribution in [3.8, 4) is 28.7 Å². The molecule has 436 valence electrons. The van der Waals surface area contributed by atoms with Gasteiger partial charge in [-0.3, -0.25) is 9.59 Å². The van der Waals surface area contributed by atoms with E-state index in [9.17, 15) is 24.3 Å². The number of nitrogens with zero attached hydrogens (tertiary/aromatic N) is 5. The van der Waals surface area contributed by atoms with E-state index >= 15 is 0 Å². The van der Waals surface area contributed by atoms with E-state index in [1.165, 1.54) is 34.1 Å². The molecule has 0 aliphatic rings. The molecule has 0 spiro atoms. The number of aryl methyl sites for hydroxylation is 5. The van der Waals surface area contributed by atoms with Gasteiger partial charge in [0.15, 0.2) is 5.92 Å². The Kier molecular flexibility index (Phi) is 20.2. The van der Waals surface area contributed by atoms with Crippen LogP contribution in [0.25, 0.3) is 54.5 Å². The Hall–Kier alpha value is -9.34. The van der Waals surface area contributed by atoms with Crippen LogP contribution in [0.2, 0.25) is 0 Å². The number of rotatable bonds is 16. The number of benzene rings is 5. The number of para-hydroxylation sites is 5. The van der Waals surface area contributed by atoms with Crippen LogP contribution in [0, 0.1) is 34.6 Å². The predicted molar refractivity (Wildman–Crippen MR) is 333 cm³/mol. The Morgan fingerprint density at radius 3 is 0.977 bits per heavy atom. The molecule has 19 nitrogen and oxygen atoms in total. The second-order valence-electron chi connectivity index (χ2n) is 19.5. The Morgan fingerprint density at radius 2 is 0.678 bits per heavy atom. The van der Waals surface area contributed by atoms with Crippen molar-refractivity contribution < 1.29 is 61.1 Å². The number of phenols is 1. The van der Waals surface area contributed by atoms with Gasteiger partial charge in [-0.25, -0.2) is 4.98 Å². The fourth-order valence-electron chi connectivity index (χ4n) is 9.00. The van der Waals surface area contributed by atoms with Gasteiger partial charge in [0.1, 0.15) is 11.3 Å². The minimum atomic E-state index is -4.27. The number of thiophene rings is 2. The first-order chi connectivity index (χ1) is 41.5. The molecule has 0 fully saturated rings. The fraction of sp³-hybridized carbons (Fsp3) is 0.109. The van der Waals surface area contributed by atoms with E-state index in [1.807, 2.05) is 156 Å². The van der Waals surface area contributed by atoms with Crippen LogP contribution in [-0.2, 0) is 26.2 Å². The fourth-order valence-corrected chi connectivity index (χ4v) is 15.7. The van der Waals surface area contributed by atoms with Crippen LogP contribution in [0.3, 0.4) is 0 Å². The summed E-state index contributed by atoms with van der Waals surface area (Å²) in [5, 5.41) is 37.4. The maximum Gasteiger partial charge on any atom is 0.322 e. The van der Waals surface area contributed by atoms with Gasteiger partial charge in [-0.15, -0.1) is 0 Å². The SMILES string of the molecule is Cc1ccc2cccc(O)c2n1.Cc1ccc2cccc([O][Ga]([O]C(=O)C(C(=O)[O][Ga]([O]c3cccc4ccc(C)nc34)[O]c3cccc4ccc(C)nc34)c3ccsc3)[O]c3cccc4ccc(C)nc34)c2n1.O.O=C(O)C(C(=O)O)c1ccsc1. The summed E-state index contributed by atoms with van der Waals surface area (Å²) in [7, 11) is 0. The van der Waals surface area contributed by atoms with Gasteiger partial charge in [0.25, 0.3) is 0 Å². The van der Waals surface area contributed by atoms with Crippen LogP contribution >= 0.6 is 22.7 Å². The number of aromatic hydroxyl groups is 1. The number of aromatic nitrogens is 5. The zero-order valence-corrected chi connectivity index (χ0v) is 53.7. The standard InChI is InChI=1S/5C10H9NO.2C7H6O4S.2Ga.H2O/c5*1-7-5-6-8-3-2-4-9(12)10(8)11-7;2*8-6(9)5(7(10)11)4-1-2-12-3-4;;;/h5*2-6,12H,1H3;2*1-3,5H,(H,8,9)(H,10,11);;;1H2/q;;;;;;;2*+3;/p-6. The summed E-state index contributed by atoms with van der Waals surface area (Å²) in [5.74, 6) is -5.75. The van der Waals surface area contributed by atoms with Gasteiger partial charge < -0.3 is 20.8 Å². The molecule has 0 bridgehead atoms. The summed E-state index contributed by atoms with van der Waals surface area (Å²) in [5.41, 5.74) is 7.68. The van der Waals surface area contributed by atoms with E-state index in [1.54, 1.807) is 52.5 Å². The molecule has 12 rings (SSSR count). The third-order valence-electron chi connectivity index (χ3n) is 13.2. The maximum atomic E-state index is 14.7. The monoisotopic (exact) mass is 1320 g/mol. The number of aliphatic carboxylic acids is 2. The number of pyridine rings is 5. The smallest absolute Gasteiger partial charge is 0.322 e. The molecule has 5 aromatic carbocycles. The molecule has 0 saturated heterocycles. The quantitative estimate of drug-likeness (QED) is 0.0598. The molecule has 0 radical (unpaired) electrons. The van der Waals surface area contributed by atoms with E-state index in [0.29, 0.717) is 61.7 Å². The molecule has 0 unspecified atom stereocenters. The summed E-state index contributed by atoms with van der Waals surface area (Å²) < 4.78 is 38.7. The Balaban J connectivity index is 0.000000298. The number of phenolic OH excluding ortho intramolecular Hbond substituents is 1. The number of carbonyl (C=O) groups is 4. The topological polar surface area (TPSA) is 280 Å². The molecule has 0 atom stereocenters. The molecule has 23 heteroatoms. The molecule has 0 saturated carbocycles. The molecular weight excluding hydrogens is 1270 g/mol. The van der Waals surface area contributed by atoms with Gasteiger partial charge in [0, 0.05) is 11.1 Å². The largest absolute Gasteiger partial charge is 0.480 e. The molecule has 7 heterocycles. The van der Waals surface area contributed by atoms with Crippen LogP contribution in [0.1, 0.15) is 51.4 Å². The van der Waals surface area contributed by atoms with Gasteiger partial charge in [-0.1, -0.05) is 18.2 Å². The average molecular weight is 1320 g/mol. The van der Waals surface area contributed by atoms with Crippen LogP contribution in [-0.4, -0.2) is 104 Å². The molecule has 0 aliphatic heterocycles. The van der Waals surface area contributed by atoms with E-state index < -0.39 is 70.3 Å². The Labute approximate surface area is 518 Å². The average Bonchev–Trinajstić information content (AvgIpc) is 2.59. The van der Waals surface area contributed by atoms with Gasteiger partial charge in [-0.2, -0.15) is 11.3 Å². The van der Waals surface area contributed by atoms with Crippen molar-refractivity contribution in [2.45, 2.75) is 46.5 Å². The molecular formula is C64H53Ga2N5O14S2. The minimum absolute atomic E-state index is 0. The van der Waals surface area contributed by atoms with Crippen LogP contribution < -0.4 is 14.1 Å². The van der Waals surface area contributed by atoms with Gasteiger partial charge in [-0.05, 0) is 41.4 Å². The number of carboxylic acid groups (broad SMARTS) is 2. The normalized spacial score (nSPS) is 10.8. The maximum absolute atomic E-state index is 14.7. The number of hydrogen-bond donors (Lipinski definition) is 3. The summed E-state index contributed by atoms with van der Waals surface area (Å²) in [6, 6.07) is 49.8. The van der Waals surface area contributed by atoms with Crippen LogP contribution in [0.4, 0.5) is 0 Å². The van der Waals surface area contributed by atoms with E-state index in [2.05, 4.69) is 4.98 Å². The third kappa shape index (κ3) is 15.2. The van der Waals surface area contributed by atoms with Crippen molar-refractivity contribution in [2.24, 2.45) is 0 Å². The molecule has 7 aromatic heterocycles. The molecule has 0 aliphatic carbocycles. The van der Waals surface area contributed by atoms with Crippen molar-refractivity contribution >= 4 is 136 Å². The summed E-state index contributed by atoms with van der Waals surface area (Å²) in [6.45, 7) is 9.44. The molecule has 87 heavy (non-hydrogen) atoms. The predicted octanol–water partition coefficient (Wildman–Crippen LogP) is 12.1. The van der Waals surface area contributed by atoms with E-state index in [-0.39, 0.29) is 11.2 Å². The van der Waals surface area contributed by atoms with Crippen molar-refractivity contribution in [1.29, 1.82) is 0 Å². The second-order valence-corrected chi connectivity index (χ2v) is 26.5. The minimum Gasteiger partial charge on any atom is -0.480 e. The van der Waals surface area contributed by atoms with E-state index in [0.717, 1.165) is 55.4 Å². The summed E-state index contributed by atoms with van der Waals surface area (Å²) >= 11 is -5.94. The first-order valence-electron chi connectivity index (χ1n) is 26.6. The van der Waals surface area contributed by atoms with Gasteiger partial charge in [0.2, 0.25) is 0 Å². The summed E-state index contributed by atoms with van der Waals surface area (Å²) in [4.78, 5) is 73.4. The molecule has 0 amide bonds. The van der Waals surface area contributed by atoms with Gasteiger partial charge >= 0.3 is 387 Å².